The molecule has 2 nitrogen and oxygen atoms in total. The average molecular weight is 272 g/mol. The van der Waals surface area contributed by atoms with Crippen molar-refractivity contribution in [3.05, 3.63) is 28.2 Å². The maximum Gasteiger partial charge on any atom is 0.138 e. The van der Waals surface area contributed by atoms with Crippen LogP contribution in [0.3, 0.4) is 0 Å². The summed E-state index contributed by atoms with van der Waals surface area (Å²) >= 11 is 3.52. The van der Waals surface area contributed by atoms with E-state index in [4.69, 9.17) is 4.74 Å². The number of ether oxygens (including phenoxy) is 1. The van der Waals surface area contributed by atoms with Crippen molar-refractivity contribution < 1.29 is 4.74 Å². The molecule has 84 valence electrons. The van der Waals surface area contributed by atoms with Gasteiger partial charge in [-0.2, -0.15) is 0 Å². The predicted octanol–water partition coefficient (Wildman–Crippen LogP) is 3.35. The first kappa shape index (κ1) is 12.5. The van der Waals surface area contributed by atoms with Gasteiger partial charge in [0.2, 0.25) is 0 Å². The average Bonchev–Trinajstić information content (AvgIpc) is 2.23. The topological polar surface area (TPSA) is 21.3 Å². The zero-order chi connectivity index (χ0) is 11.3. The van der Waals surface area contributed by atoms with Crippen LogP contribution in [-0.4, -0.2) is 13.2 Å². The predicted molar refractivity (Wildman–Crippen MR) is 67.3 cm³/mol. The molecular formula is C12H18BrNO. The monoisotopic (exact) mass is 271 g/mol. The fraction of sp³-hybridized carbons (Fsp3) is 0.500. The standard InChI is InChI=1S/C12H18BrNO/c1-4-9(2)15-12-10(8-14-3)6-5-7-11(12)13/h5-7,9,14H,4,8H2,1-3H3. The van der Waals surface area contributed by atoms with Gasteiger partial charge < -0.3 is 10.1 Å². The van der Waals surface area contributed by atoms with Crippen LogP contribution in [-0.2, 0) is 6.54 Å². The summed E-state index contributed by atoms with van der Waals surface area (Å²) < 4.78 is 6.91. The molecule has 0 aliphatic carbocycles. The molecule has 0 aliphatic rings. The molecule has 1 aromatic rings. The zero-order valence-electron chi connectivity index (χ0n) is 9.51. The van der Waals surface area contributed by atoms with E-state index in [-0.39, 0.29) is 6.10 Å². The van der Waals surface area contributed by atoms with Crippen molar-refractivity contribution in [1.82, 2.24) is 5.32 Å². The van der Waals surface area contributed by atoms with Crippen LogP contribution < -0.4 is 10.1 Å². The fourth-order valence-corrected chi connectivity index (χ4v) is 1.80. The molecule has 15 heavy (non-hydrogen) atoms. The third-order valence-electron chi connectivity index (χ3n) is 2.31. The molecule has 1 rings (SSSR count). The largest absolute Gasteiger partial charge is 0.489 e. The van der Waals surface area contributed by atoms with E-state index in [1.165, 1.54) is 5.56 Å². The van der Waals surface area contributed by atoms with E-state index in [9.17, 15) is 0 Å². The second-order valence-corrected chi connectivity index (χ2v) is 4.45. The number of halogens is 1. The van der Waals surface area contributed by atoms with Crippen molar-refractivity contribution >= 4 is 15.9 Å². The first-order valence-corrected chi connectivity index (χ1v) is 6.07. The van der Waals surface area contributed by atoms with Gasteiger partial charge in [-0.25, -0.2) is 0 Å². The Kier molecular flexibility index (Phi) is 5.12. The third-order valence-corrected chi connectivity index (χ3v) is 2.93. The minimum Gasteiger partial charge on any atom is -0.489 e. The lowest BCUT2D eigenvalue weighted by Gasteiger charge is -2.17. The maximum absolute atomic E-state index is 5.89. The van der Waals surface area contributed by atoms with Crippen molar-refractivity contribution in [2.24, 2.45) is 0 Å². The van der Waals surface area contributed by atoms with E-state index in [0.29, 0.717) is 0 Å². The summed E-state index contributed by atoms with van der Waals surface area (Å²) in [5.41, 5.74) is 1.19. The highest BCUT2D eigenvalue weighted by molar-refractivity contribution is 9.10. The maximum atomic E-state index is 5.89. The van der Waals surface area contributed by atoms with E-state index in [1.807, 2.05) is 19.2 Å². The Labute approximate surface area is 100 Å². The van der Waals surface area contributed by atoms with Crippen molar-refractivity contribution in [2.45, 2.75) is 32.9 Å². The molecule has 0 saturated carbocycles. The van der Waals surface area contributed by atoms with E-state index < -0.39 is 0 Å². The second-order valence-electron chi connectivity index (χ2n) is 3.60. The summed E-state index contributed by atoms with van der Waals surface area (Å²) in [6.07, 6.45) is 1.26. The third kappa shape index (κ3) is 3.50. The van der Waals surface area contributed by atoms with E-state index >= 15 is 0 Å². The van der Waals surface area contributed by atoms with Crippen molar-refractivity contribution in [3.63, 3.8) is 0 Å². The zero-order valence-corrected chi connectivity index (χ0v) is 11.1. The van der Waals surface area contributed by atoms with Gasteiger partial charge in [0.25, 0.3) is 0 Å². The van der Waals surface area contributed by atoms with Crippen LogP contribution in [0.15, 0.2) is 22.7 Å². The van der Waals surface area contributed by atoms with Crippen LogP contribution in [0.25, 0.3) is 0 Å². The van der Waals surface area contributed by atoms with E-state index in [0.717, 1.165) is 23.2 Å². The number of nitrogens with one attached hydrogen (secondary N) is 1. The Morgan fingerprint density at radius 1 is 1.47 bits per heavy atom. The van der Waals surface area contributed by atoms with Gasteiger partial charge in [0.05, 0.1) is 10.6 Å². The number of benzene rings is 1. The Bertz CT molecular complexity index is 314. The molecule has 1 atom stereocenters. The molecule has 0 fully saturated rings. The molecule has 0 spiro atoms. The summed E-state index contributed by atoms with van der Waals surface area (Å²) in [5, 5.41) is 3.14. The Morgan fingerprint density at radius 3 is 2.80 bits per heavy atom. The lowest BCUT2D eigenvalue weighted by Crippen LogP contribution is -2.14. The molecule has 0 aromatic heterocycles. The van der Waals surface area contributed by atoms with Crippen LogP contribution in [0.1, 0.15) is 25.8 Å². The normalized spacial score (nSPS) is 12.5. The lowest BCUT2D eigenvalue weighted by molar-refractivity contribution is 0.213. The highest BCUT2D eigenvalue weighted by Crippen LogP contribution is 2.30. The molecule has 0 amide bonds. The number of hydrogen-bond acceptors (Lipinski definition) is 2. The Morgan fingerprint density at radius 2 is 2.20 bits per heavy atom. The van der Waals surface area contributed by atoms with Gasteiger partial charge in [-0.15, -0.1) is 0 Å². The Hall–Kier alpha value is -0.540. The molecular weight excluding hydrogens is 254 g/mol. The van der Waals surface area contributed by atoms with Crippen molar-refractivity contribution in [2.75, 3.05) is 7.05 Å². The van der Waals surface area contributed by atoms with Crippen molar-refractivity contribution in [3.8, 4) is 5.75 Å². The quantitative estimate of drug-likeness (QED) is 0.887. The second kappa shape index (κ2) is 6.13. The van der Waals surface area contributed by atoms with Gasteiger partial charge >= 0.3 is 0 Å². The number of para-hydroxylation sites is 1. The minimum absolute atomic E-state index is 0.249. The molecule has 1 N–H and O–H groups in total. The summed E-state index contributed by atoms with van der Waals surface area (Å²) in [5.74, 6) is 0.959. The number of hydrogen-bond donors (Lipinski definition) is 1. The van der Waals surface area contributed by atoms with Gasteiger partial charge in [-0.05, 0) is 42.4 Å². The van der Waals surface area contributed by atoms with Crippen LogP contribution in [0.4, 0.5) is 0 Å². The number of rotatable bonds is 5. The molecule has 1 unspecified atom stereocenters. The van der Waals surface area contributed by atoms with Crippen LogP contribution in [0, 0.1) is 0 Å². The smallest absolute Gasteiger partial charge is 0.138 e. The van der Waals surface area contributed by atoms with Crippen LogP contribution in [0.5, 0.6) is 5.75 Å². The van der Waals surface area contributed by atoms with Gasteiger partial charge in [0.1, 0.15) is 5.75 Å². The van der Waals surface area contributed by atoms with Crippen LogP contribution >= 0.6 is 15.9 Å². The van der Waals surface area contributed by atoms with Gasteiger partial charge in [-0.1, -0.05) is 19.1 Å². The highest BCUT2D eigenvalue weighted by atomic mass is 79.9. The lowest BCUT2D eigenvalue weighted by atomic mass is 10.2. The molecule has 3 heteroatoms. The van der Waals surface area contributed by atoms with Gasteiger partial charge in [0.15, 0.2) is 0 Å². The molecule has 0 radical (unpaired) electrons. The molecule has 0 saturated heterocycles. The Balaban J connectivity index is 2.91. The first-order valence-electron chi connectivity index (χ1n) is 5.27. The molecule has 0 aliphatic heterocycles. The molecule has 0 heterocycles. The summed E-state index contributed by atoms with van der Waals surface area (Å²) in [6, 6.07) is 6.12. The van der Waals surface area contributed by atoms with E-state index in [2.05, 4.69) is 41.2 Å². The van der Waals surface area contributed by atoms with Crippen LogP contribution in [0.2, 0.25) is 0 Å². The summed E-state index contributed by atoms with van der Waals surface area (Å²) in [6.45, 7) is 5.03. The first-order chi connectivity index (χ1) is 7.19. The summed E-state index contributed by atoms with van der Waals surface area (Å²) in [4.78, 5) is 0. The molecule has 0 bridgehead atoms. The minimum atomic E-state index is 0.249. The molecule has 1 aromatic carbocycles. The summed E-state index contributed by atoms with van der Waals surface area (Å²) in [7, 11) is 1.94. The highest BCUT2D eigenvalue weighted by Gasteiger charge is 2.10. The van der Waals surface area contributed by atoms with Gasteiger partial charge in [-0.3, -0.25) is 0 Å². The fourth-order valence-electron chi connectivity index (χ4n) is 1.30. The van der Waals surface area contributed by atoms with Crippen molar-refractivity contribution in [1.29, 1.82) is 0 Å². The van der Waals surface area contributed by atoms with Gasteiger partial charge in [0, 0.05) is 12.1 Å². The van der Waals surface area contributed by atoms with E-state index in [1.54, 1.807) is 0 Å². The SMILES string of the molecule is CCC(C)Oc1c(Br)cccc1CNC.